The Morgan fingerprint density at radius 1 is 1.18 bits per heavy atom. The first-order valence-corrected chi connectivity index (χ1v) is 10.6. The van der Waals surface area contributed by atoms with Crippen molar-refractivity contribution in [2.24, 2.45) is 0 Å². The number of carbonyl (C=O) groups is 2. The lowest BCUT2D eigenvalue weighted by molar-refractivity contribution is 0.101. The molecule has 0 spiro atoms. The molecule has 0 unspecified atom stereocenters. The summed E-state index contributed by atoms with van der Waals surface area (Å²) in [4.78, 5) is 27.5. The molecule has 3 aromatic rings. The zero-order valence-corrected chi connectivity index (χ0v) is 19.2. The van der Waals surface area contributed by atoms with E-state index in [0.29, 0.717) is 17.0 Å². The average Bonchev–Trinajstić information content (AvgIpc) is 3.29. The number of carbonyl (C=O) groups excluding carboxylic acids is 1. The molecular formula is C25H27N3O5. The summed E-state index contributed by atoms with van der Waals surface area (Å²) in [6.45, 7) is 1.81. The van der Waals surface area contributed by atoms with Gasteiger partial charge < -0.3 is 24.0 Å². The molecule has 1 N–H and O–H groups in total. The van der Waals surface area contributed by atoms with Crippen molar-refractivity contribution >= 4 is 34.5 Å². The molecule has 33 heavy (non-hydrogen) atoms. The number of nitrogens with zero attached hydrogens (tertiary/aromatic N) is 3. The first kappa shape index (κ1) is 22.4. The highest BCUT2D eigenvalue weighted by atomic mass is 16.5. The molecule has 2 aromatic carbocycles. The highest BCUT2D eigenvalue weighted by Crippen LogP contribution is 2.36. The van der Waals surface area contributed by atoms with Gasteiger partial charge in [-0.3, -0.25) is 9.69 Å². The van der Waals surface area contributed by atoms with Gasteiger partial charge in [-0.1, -0.05) is 0 Å². The Bertz CT molecular complexity index is 1260. The zero-order chi connectivity index (χ0) is 23.7. The van der Waals surface area contributed by atoms with E-state index >= 15 is 0 Å². The largest absolute Gasteiger partial charge is 0.497 e. The smallest absolute Gasteiger partial charge is 0.411 e. The molecular weight excluding hydrogens is 422 g/mol. The summed E-state index contributed by atoms with van der Waals surface area (Å²) in [7, 11) is 7.16. The fourth-order valence-corrected chi connectivity index (χ4v) is 3.93. The van der Waals surface area contributed by atoms with Crippen LogP contribution in [-0.4, -0.2) is 61.2 Å². The van der Waals surface area contributed by atoms with Crippen molar-refractivity contribution in [1.29, 1.82) is 0 Å². The van der Waals surface area contributed by atoms with E-state index in [-0.39, 0.29) is 11.5 Å². The van der Waals surface area contributed by atoms with E-state index in [1.165, 1.54) is 7.05 Å². The van der Waals surface area contributed by atoms with E-state index in [0.717, 1.165) is 46.6 Å². The van der Waals surface area contributed by atoms with Crippen LogP contribution in [0.2, 0.25) is 0 Å². The second-order valence-electron chi connectivity index (χ2n) is 8.28. The second-order valence-corrected chi connectivity index (χ2v) is 8.28. The van der Waals surface area contributed by atoms with Gasteiger partial charge in [0.2, 0.25) is 5.78 Å². The number of ketones is 1. The van der Waals surface area contributed by atoms with Crippen LogP contribution in [0.3, 0.4) is 0 Å². The van der Waals surface area contributed by atoms with E-state index in [1.54, 1.807) is 31.4 Å². The van der Waals surface area contributed by atoms with E-state index in [9.17, 15) is 14.7 Å². The number of benzene rings is 2. The summed E-state index contributed by atoms with van der Waals surface area (Å²) < 4.78 is 13.4. The number of anilines is 1. The highest BCUT2D eigenvalue weighted by Gasteiger charge is 2.29. The minimum Gasteiger partial charge on any atom is -0.497 e. The second kappa shape index (κ2) is 8.99. The number of allylic oxidation sites excluding steroid dienone is 1. The molecule has 8 nitrogen and oxygen atoms in total. The molecule has 0 saturated carbocycles. The lowest BCUT2D eigenvalue weighted by atomic mass is 10.1. The molecule has 4 rings (SSSR count). The molecule has 172 valence electrons. The van der Waals surface area contributed by atoms with Crippen molar-refractivity contribution in [2.75, 3.05) is 39.7 Å². The predicted octanol–water partition coefficient (Wildman–Crippen LogP) is 4.33. The van der Waals surface area contributed by atoms with Crippen LogP contribution in [0.5, 0.6) is 11.5 Å². The zero-order valence-electron chi connectivity index (χ0n) is 19.2. The maximum atomic E-state index is 13.1. The van der Waals surface area contributed by atoms with Gasteiger partial charge in [-0.05, 0) is 69.5 Å². The Balaban J connectivity index is 1.70. The SMILES string of the molecule is COc1ccc2c(c1)c(C=C1Oc3ccc(N(C)C(=O)O)cc3C1=O)cn2CCCN(C)C. The molecule has 8 heteroatoms. The number of hydrogen-bond acceptors (Lipinski definition) is 5. The first-order valence-electron chi connectivity index (χ1n) is 10.6. The van der Waals surface area contributed by atoms with Gasteiger partial charge in [0, 0.05) is 41.9 Å². The van der Waals surface area contributed by atoms with Gasteiger partial charge in [-0.2, -0.15) is 0 Å². The number of rotatable bonds is 7. The molecule has 1 aliphatic heterocycles. The standard InChI is InChI=1S/C25H27N3O5/c1-26(2)10-5-11-28-15-16(19-14-18(32-4)7-8-21(19)28)12-23-24(29)20-13-17(27(3)25(30)31)6-9-22(20)33-23/h6-9,12-15H,5,10-11H2,1-4H3,(H,30,31). The summed E-state index contributed by atoms with van der Waals surface area (Å²) >= 11 is 0. The van der Waals surface area contributed by atoms with Crippen molar-refractivity contribution in [2.45, 2.75) is 13.0 Å². The van der Waals surface area contributed by atoms with Crippen molar-refractivity contribution in [1.82, 2.24) is 9.47 Å². The van der Waals surface area contributed by atoms with Gasteiger partial charge in [0.15, 0.2) is 5.76 Å². The summed E-state index contributed by atoms with van der Waals surface area (Å²) in [5.41, 5.74) is 2.66. The third-order valence-corrected chi connectivity index (χ3v) is 5.74. The Labute approximate surface area is 192 Å². The van der Waals surface area contributed by atoms with Crippen LogP contribution in [0.25, 0.3) is 17.0 Å². The molecule has 0 fully saturated rings. The van der Waals surface area contributed by atoms with Crippen LogP contribution >= 0.6 is 0 Å². The Hall–Kier alpha value is -3.78. The van der Waals surface area contributed by atoms with Crippen molar-refractivity contribution in [3.8, 4) is 11.5 Å². The molecule has 0 radical (unpaired) electrons. The quantitative estimate of drug-likeness (QED) is 0.541. The van der Waals surface area contributed by atoms with Gasteiger partial charge >= 0.3 is 6.09 Å². The van der Waals surface area contributed by atoms with Gasteiger partial charge in [-0.15, -0.1) is 0 Å². The molecule has 2 heterocycles. The number of amides is 1. The van der Waals surface area contributed by atoms with Crippen LogP contribution in [0.4, 0.5) is 10.5 Å². The molecule has 1 amide bonds. The highest BCUT2D eigenvalue weighted by molar-refractivity contribution is 6.15. The predicted molar refractivity (Wildman–Crippen MR) is 127 cm³/mol. The first-order chi connectivity index (χ1) is 15.8. The van der Waals surface area contributed by atoms with Crippen LogP contribution in [0, 0.1) is 0 Å². The van der Waals surface area contributed by atoms with Crippen LogP contribution in [0.1, 0.15) is 22.3 Å². The van der Waals surface area contributed by atoms with Gasteiger partial charge in [-0.25, -0.2) is 4.79 Å². The monoisotopic (exact) mass is 449 g/mol. The topological polar surface area (TPSA) is 84.2 Å². The Kier molecular flexibility index (Phi) is 6.11. The molecule has 0 saturated heterocycles. The molecule has 0 atom stereocenters. The van der Waals surface area contributed by atoms with Crippen LogP contribution in [-0.2, 0) is 6.54 Å². The molecule has 0 aliphatic carbocycles. The third-order valence-electron chi connectivity index (χ3n) is 5.74. The summed E-state index contributed by atoms with van der Waals surface area (Å²) in [6.07, 6.45) is 3.65. The average molecular weight is 450 g/mol. The third kappa shape index (κ3) is 4.42. The van der Waals surface area contributed by atoms with Gasteiger partial charge in [0.25, 0.3) is 0 Å². The molecule has 1 aliphatic rings. The summed E-state index contributed by atoms with van der Waals surface area (Å²) in [5, 5.41) is 10.2. The normalized spacial score (nSPS) is 14.1. The summed E-state index contributed by atoms with van der Waals surface area (Å²) in [6, 6.07) is 10.7. The molecule has 1 aromatic heterocycles. The van der Waals surface area contributed by atoms with Crippen LogP contribution in [0.15, 0.2) is 48.4 Å². The van der Waals surface area contributed by atoms with Gasteiger partial charge in [0.05, 0.1) is 12.7 Å². The van der Waals surface area contributed by atoms with E-state index in [1.807, 2.05) is 24.4 Å². The van der Waals surface area contributed by atoms with E-state index in [4.69, 9.17) is 9.47 Å². The van der Waals surface area contributed by atoms with E-state index in [2.05, 4.69) is 23.6 Å². The fraction of sp³-hybridized carbons (Fsp3) is 0.280. The maximum absolute atomic E-state index is 13.1. The van der Waals surface area contributed by atoms with Crippen molar-refractivity contribution in [3.05, 3.63) is 59.5 Å². The number of hydrogen-bond donors (Lipinski definition) is 1. The number of ether oxygens (including phenoxy) is 2. The number of methoxy groups -OCH3 is 1. The number of fused-ring (bicyclic) bond motifs is 2. The minimum atomic E-state index is -1.10. The fourth-order valence-electron chi connectivity index (χ4n) is 3.93. The number of carboxylic acid groups (broad SMARTS) is 1. The number of aromatic nitrogens is 1. The van der Waals surface area contributed by atoms with E-state index < -0.39 is 6.09 Å². The summed E-state index contributed by atoms with van der Waals surface area (Å²) in [5.74, 6) is 1.08. The molecule has 0 bridgehead atoms. The van der Waals surface area contributed by atoms with Gasteiger partial charge in [0.1, 0.15) is 11.5 Å². The number of aryl methyl sites for hydroxylation is 1. The lowest BCUT2D eigenvalue weighted by Gasteiger charge is -2.13. The lowest BCUT2D eigenvalue weighted by Crippen LogP contribution is -2.23. The maximum Gasteiger partial charge on any atom is 0.411 e. The van der Waals surface area contributed by atoms with Crippen molar-refractivity contribution in [3.63, 3.8) is 0 Å². The number of Topliss-reactive ketones (excluding diaryl/α,β-unsaturated/α-hetero) is 1. The Morgan fingerprint density at radius 2 is 1.97 bits per heavy atom. The van der Waals surface area contributed by atoms with Crippen LogP contribution < -0.4 is 14.4 Å². The minimum absolute atomic E-state index is 0.204. The Morgan fingerprint density at radius 3 is 2.67 bits per heavy atom. The van der Waals surface area contributed by atoms with Crippen molar-refractivity contribution < 1.29 is 24.2 Å².